The summed E-state index contributed by atoms with van der Waals surface area (Å²) in [5.74, 6) is 0.302. The molecule has 1 saturated carbocycles. The highest BCUT2D eigenvalue weighted by Gasteiger charge is 2.43. The van der Waals surface area contributed by atoms with Crippen molar-refractivity contribution in [3.8, 4) is 0 Å². The van der Waals surface area contributed by atoms with Crippen molar-refractivity contribution in [2.75, 3.05) is 39.3 Å². The van der Waals surface area contributed by atoms with Crippen LogP contribution in [0.2, 0.25) is 0 Å². The largest absolute Gasteiger partial charge is 0.368 e. The van der Waals surface area contributed by atoms with Crippen LogP contribution in [0.4, 0.5) is 0 Å². The lowest BCUT2D eigenvalue weighted by molar-refractivity contribution is -0.149. The van der Waals surface area contributed by atoms with Crippen LogP contribution in [-0.4, -0.2) is 67.0 Å². The van der Waals surface area contributed by atoms with Crippen molar-refractivity contribution >= 4 is 11.8 Å². The van der Waals surface area contributed by atoms with Gasteiger partial charge in [-0.05, 0) is 25.7 Å². The van der Waals surface area contributed by atoms with Crippen LogP contribution in [0.5, 0.6) is 0 Å². The van der Waals surface area contributed by atoms with Crippen LogP contribution in [0, 0.1) is 5.41 Å². The molecule has 0 spiro atoms. The van der Waals surface area contributed by atoms with Gasteiger partial charge in [0.15, 0.2) is 0 Å². The Morgan fingerprint density at radius 2 is 1.68 bits per heavy atom. The van der Waals surface area contributed by atoms with Gasteiger partial charge in [-0.1, -0.05) is 12.8 Å². The third kappa shape index (κ3) is 2.86. The first-order valence-corrected chi connectivity index (χ1v) is 8.56. The molecule has 2 heterocycles. The van der Waals surface area contributed by atoms with E-state index in [0.717, 1.165) is 38.5 Å². The van der Waals surface area contributed by atoms with Gasteiger partial charge in [0.25, 0.3) is 5.91 Å². The molecule has 22 heavy (non-hydrogen) atoms. The zero-order valence-corrected chi connectivity index (χ0v) is 13.3. The van der Waals surface area contributed by atoms with Crippen molar-refractivity contribution < 1.29 is 14.3 Å². The second-order valence-electron chi connectivity index (χ2n) is 6.81. The van der Waals surface area contributed by atoms with Gasteiger partial charge in [0, 0.05) is 39.3 Å². The Labute approximate surface area is 131 Å². The molecule has 3 rings (SSSR count). The maximum absolute atomic E-state index is 12.8. The Hall–Kier alpha value is -1.14. The number of nitrogens with zero attached hydrogens (tertiary/aromatic N) is 2. The number of piperazine rings is 1. The molecule has 1 atom stereocenters. The van der Waals surface area contributed by atoms with Crippen molar-refractivity contribution in [3.05, 3.63) is 0 Å². The van der Waals surface area contributed by atoms with Gasteiger partial charge >= 0.3 is 0 Å². The van der Waals surface area contributed by atoms with Crippen LogP contribution in [0.3, 0.4) is 0 Å². The minimum atomic E-state index is -0.333. The van der Waals surface area contributed by atoms with E-state index in [4.69, 9.17) is 10.5 Å². The minimum Gasteiger partial charge on any atom is -0.368 e. The molecule has 0 aromatic rings. The molecule has 2 N–H and O–H groups in total. The second kappa shape index (κ2) is 6.54. The van der Waals surface area contributed by atoms with Gasteiger partial charge in [-0.15, -0.1) is 0 Å². The summed E-state index contributed by atoms with van der Waals surface area (Å²) >= 11 is 0. The molecule has 3 fully saturated rings. The SMILES string of the molecule is NCC1(C(=O)N2CCN(C(=O)C3CCCO3)CC2)CCCC1. The van der Waals surface area contributed by atoms with Crippen molar-refractivity contribution in [2.24, 2.45) is 11.1 Å². The molecule has 2 aliphatic heterocycles. The highest BCUT2D eigenvalue weighted by atomic mass is 16.5. The topological polar surface area (TPSA) is 75.9 Å². The third-order valence-electron chi connectivity index (χ3n) is 5.49. The molecule has 1 unspecified atom stereocenters. The van der Waals surface area contributed by atoms with E-state index in [2.05, 4.69) is 0 Å². The summed E-state index contributed by atoms with van der Waals surface area (Å²) in [4.78, 5) is 28.9. The van der Waals surface area contributed by atoms with E-state index in [1.54, 1.807) is 0 Å². The fraction of sp³-hybridized carbons (Fsp3) is 0.875. The van der Waals surface area contributed by atoms with Gasteiger partial charge in [-0.2, -0.15) is 0 Å². The van der Waals surface area contributed by atoms with Crippen LogP contribution in [0.25, 0.3) is 0 Å². The quantitative estimate of drug-likeness (QED) is 0.816. The number of hydrogen-bond donors (Lipinski definition) is 1. The van der Waals surface area contributed by atoms with E-state index >= 15 is 0 Å². The van der Waals surface area contributed by atoms with E-state index in [1.807, 2.05) is 9.80 Å². The lowest BCUT2D eigenvalue weighted by Gasteiger charge is -2.40. The van der Waals surface area contributed by atoms with Crippen LogP contribution >= 0.6 is 0 Å². The highest BCUT2D eigenvalue weighted by molar-refractivity contribution is 5.84. The fourth-order valence-electron chi connectivity index (χ4n) is 4.00. The van der Waals surface area contributed by atoms with E-state index in [9.17, 15) is 9.59 Å². The monoisotopic (exact) mass is 309 g/mol. The molecule has 2 amide bonds. The molecule has 1 aliphatic carbocycles. The van der Waals surface area contributed by atoms with Crippen LogP contribution in [-0.2, 0) is 14.3 Å². The van der Waals surface area contributed by atoms with Crippen LogP contribution in [0.1, 0.15) is 38.5 Å². The van der Waals surface area contributed by atoms with Gasteiger partial charge < -0.3 is 20.3 Å². The summed E-state index contributed by atoms with van der Waals surface area (Å²) in [5, 5.41) is 0. The molecule has 2 saturated heterocycles. The molecule has 6 heteroatoms. The number of hydrogen-bond acceptors (Lipinski definition) is 4. The lowest BCUT2D eigenvalue weighted by atomic mass is 9.84. The van der Waals surface area contributed by atoms with Crippen LogP contribution < -0.4 is 5.73 Å². The number of carbonyl (C=O) groups excluding carboxylic acids is 2. The Morgan fingerprint density at radius 1 is 1.05 bits per heavy atom. The third-order valence-corrected chi connectivity index (χ3v) is 5.49. The number of ether oxygens (including phenoxy) is 1. The van der Waals surface area contributed by atoms with Crippen molar-refractivity contribution in [3.63, 3.8) is 0 Å². The molecular weight excluding hydrogens is 282 g/mol. The number of nitrogens with two attached hydrogens (primary N) is 1. The Balaban J connectivity index is 1.55. The van der Waals surface area contributed by atoms with Gasteiger partial charge in [0.2, 0.25) is 5.91 Å². The predicted octanol–water partition coefficient (Wildman–Crippen LogP) is 0.355. The number of carbonyl (C=O) groups is 2. The Kier molecular flexibility index (Phi) is 4.68. The molecule has 0 bridgehead atoms. The highest BCUT2D eigenvalue weighted by Crippen LogP contribution is 2.39. The normalized spacial score (nSPS) is 28.1. The average molecular weight is 309 g/mol. The van der Waals surface area contributed by atoms with E-state index in [0.29, 0.717) is 39.3 Å². The van der Waals surface area contributed by atoms with Crippen LogP contribution in [0.15, 0.2) is 0 Å². The summed E-state index contributed by atoms with van der Waals surface area (Å²) < 4.78 is 5.47. The predicted molar refractivity (Wildman–Crippen MR) is 82.1 cm³/mol. The molecular formula is C16H27N3O3. The van der Waals surface area contributed by atoms with Gasteiger partial charge in [-0.25, -0.2) is 0 Å². The zero-order valence-electron chi connectivity index (χ0n) is 13.3. The van der Waals surface area contributed by atoms with Crippen molar-refractivity contribution in [2.45, 2.75) is 44.6 Å². The van der Waals surface area contributed by atoms with Crippen molar-refractivity contribution in [1.29, 1.82) is 0 Å². The van der Waals surface area contributed by atoms with Gasteiger partial charge in [0.1, 0.15) is 6.10 Å². The van der Waals surface area contributed by atoms with Gasteiger partial charge in [0.05, 0.1) is 5.41 Å². The summed E-state index contributed by atoms with van der Waals surface area (Å²) in [6.45, 7) is 3.61. The summed E-state index contributed by atoms with van der Waals surface area (Å²) in [6.07, 6.45) is 5.56. The summed E-state index contributed by atoms with van der Waals surface area (Å²) in [6, 6.07) is 0. The van der Waals surface area contributed by atoms with E-state index in [1.165, 1.54) is 0 Å². The molecule has 6 nitrogen and oxygen atoms in total. The summed E-state index contributed by atoms with van der Waals surface area (Å²) in [5.41, 5.74) is 5.57. The Bertz CT molecular complexity index is 420. The molecule has 0 radical (unpaired) electrons. The van der Waals surface area contributed by atoms with Gasteiger partial charge in [-0.3, -0.25) is 9.59 Å². The standard InChI is InChI=1S/C16H27N3O3/c17-12-16(5-1-2-6-16)15(21)19-9-7-18(8-10-19)14(20)13-4-3-11-22-13/h13H,1-12,17H2. The summed E-state index contributed by atoms with van der Waals surface area (Å²) in [7, 11) is 0. The number of amides is 2. The minimum absolute atomic E-state index is 0.0963. The maximum Gasteiger partial charge on any atom is 0.251 e. The first-order chi connectivity index (χ1) is 10.7. The molecule has 0 aromatic carbocycles. The number of rotatable bonds is 3. The second-order valence-corrected chi connectivity index (χ2v) is 6.81. The van der Waals surface area contributed by atoms with E-state index < -0.39 is 0 Å². The smallest absolute Gasteiger partial charge is 0.251 e. The zero-order chi connectivity index (χ0) is 15.6. The average Bonchev–Trinajstić information content (AvgIpc) is 3.25. The van der Waals surface area contributed by atoms with Crippen molar-refractivity contribution in [1.82, 2.24) is 9.80 Å². The molecule has 3 aliphatic rings. The first kappa shape index (κ1) is 15.7. The fourth-order valence-corrected chi connectivity index (χ4v) is 4.00. The Morgan fingerprint density at radius 3 is 2.23 bits per heavy atom. The van der Waals surface area contributed by atoms with E-state index in [-0.39, 0.29) is 23.3 Å². The first-order valence-electron chi connectivity index (χ1n) is 8.56. The molecule has 124 valence electrons. The molecule has 0 aromatic heterocycles. The maximum atomic E-state index is 12.8. The lowest BCUT2D eigenvalue weighted by Crippen LogP contribution is -2.56.